The molecule has 0 bridgehead atoms. The van der Waals surface area contributed by atoms with Crippen molar-refractivity contribution in [1.82, 2.24) is 15.0 Å². The van der Waals surface area contributed by atoms with E-state index in [0.29, 0.717) is 11.6 Å². The van der Waals surface area contributed by atoms with Crippen LogP contribution in [0.3, 0.4) is 0 Å². The molecule has 0 saturated heterocycles. The number of aromatic nitrogens is 3. The van der Waals surface area contributed by atoms with E-state index < -0.39 is 5.60 Å². The van der Waals surface area contributed by atoms with Crippen molar-refractivity contribution >= 4 is 0 Å². The molecule has 96 valence electrons. The summed E-state index contributed by atoms with van der Waals surface area (Å²) in [5, 5.41) is 18.0. The van der Waals surface area contributed by atoms with E-state index in [2.05, 4.69) is 30.2 Å². The molecule has 4 heteroatoms. The molecule has 1 N–H and O–H groups in total. The highest BCUT2D eigenvalue weighted by molar-refractivity contribution is 5.42. The summed E-state index contributed by atoms with van der Waals surface area (Å²) in [6.07, 6.45) is 1.78. The Balaban J connectivity index is 2.47. The summed E-state index contributed by atoms with van der Waals surface area (Å²) in [5.41, 5.74) is 1.83. The van der Waals surface area contributed by atoms with E-state index in [-0.39, 0.29) is 0 Å². The van der Waals surface area contributed by atoms with Crippen LogP contribution in [0.5, 0.6) is 0 Å². The molecule has 1 heterocycles. The second-order valence-corrected chi connectivity index (χ2v) is 5.32. The van der Waals surface area contributed by atoms with Crippen molar-refractivity contribution in [3.05, 3.63) is 41.7 Å². The lowest BCUT2D eigenvalue weighted by molar-refractivity contribution is 0.0737. The van der Waals surface area contributed by atoms with Gasteiger partial charge in [0.1, 0.15) is 11.3 Å². The van der Waals surface area contributed by atoms with Gasteiger partial charge < -0.3 is 5.11 Å². The molecular weight excluding hydrogens is 226 g/mol. The Morgan fingerprint density at radius 1 is 1.22 bits per heavy atom. The monoisotopic (exact) mass is 245 g/mol. The molecule has 0 spiro atoms. The van der Waals surface area contributed by atoms with E-state index in [4.69, 9.17) is 0 Å². The van der Waals surface area contributed by atoms with Gasteiger partial charge in [-0.25, -0.2) is 4.68 Å². The highest BCUT2D eigenvalue weighted by Crippen LogP contribution is 2.23. The maximum Gasteiger partial charge on any atom is 0.114 e. The number of rotatable bonds is 3. The Hall–Kier alpha value is -1.68. The molecule has 1 aromatic heterocycles. The maximum atomic E-state index is 9.91. The molecule has 0 atom stereocenters. The van der Waals surface area contributed by atoms with Crippen molar-refractivity contribution in [3.8, 4) is 5.69 Å². The third-order valence-corrected chi connectivity index (χ3v) is 2.93. The minimum Gasteiger partial charge on any atom is -0.384 e. The number of nitrogens with zero attached hydrogens (tertiary/aromatic N) is 3. The summed E-state index contributed by atoms with van der Waals surface area (Å²) in [6.45, 7) is 7.70. The number of hydrogen-bond donors (Lipinski definition) is 1. The number of aliphatic hydroxyl groups is 1. The molecule has 0 unspecified atom stereocenters. The Bertz CT molecular complexity index is 538. The summed E-state index contributed by atoms with van der Waals surface area (Å²) in [7, 11) is 0. The van der Waals surface area contributed by atoms with Gasteiger partial charge in [-0.1, -0.05) is 37.3 Å². The summed E-state index contributed by atoms with van der Waals surface area (Å²) >= 11 is 0. The van der Waals surface area contributed by atoms with Crippen LogP contribution in [0.4, 0.5) is 0 Å². The first-order valence-electron chi connectivity index (χ1n) is 6.14. The van der Waals surface area contributed by atoms with Crippen molar-refractivity contribution in [2.45, 2.75) is 39.2 Å². The van der Waals surface area contributed by atoms with Crippen molar-refractivity contribution in [1.29, 1.82) is 0 Å². The zero-order valence-electron chi connectivity index (χ0n) is 11.3. The van der Waals surface area contributed by atoms with E-state index >= 15 is 0 Å². The summed E-state index contributed by atoms with van der Waals surface area (Å²) in [5.74, 6) is 0.413. The van der Waals surface area contributed by atoms with Crippen molar-refractivity contribution in [2.24, 2.45) is 0 Å². The first-order valence-corrected chi connectivity index (χ1v) is 6.14. The van der Waals surface area contributed by atoms with E-state index in [9.17, 15) is 5.11 Å². The predicted octanol–water partition coefficient (Wildman–Crippen LogP) is 2.62. The SMILES string of the molecule is CC(C)c1ccccc1-n1cc(C(C)(C)O)nn1. The van der Waals surface area contributed by atoms with Gasteiger partial charge in [-0.2, -0.15) is 0 Å². The largest absolute Gasteiger partial charge is 0.384 e. The topological polar surface area (TPSA) is 50.9 Å². The molecule has 0 fully saturated rings. The number of benzene rings is 1. The number of para-hydroxylation sites is 1. The molecule has 2 aromatic rings. The second kappa shape index (κ2) is 4.53. The third kappa shape index (κ3) is 2.43. The fourth-order valence-corrected chi connectivity index (χ4v) is 1.85. The first-order chi connectivity index (χ1) is 8.39. The van der Waals surface area contributed by atoms with Gasteiger partial charge in [-0.3, -0.25) is 0 Å². The first kappa shape index (κ1) is 12.8. The van der Waals surface area contributed by atoms with Gasteiger partial charge >= 0.3 is 0 Å². The van der Waals surface area contributed by atoms with Crippen LogP contribution in [-0.2, 0) is 5.60 Å². The normalized spacial score (nSPS) is 12.1. The van der Waals surface area contributed by atoms with Crippen LogP contribution < -0.4 is 0 Å². The van der Waals surface area contributed by atoms with Crippen LogP contribution in [-0.4, -0.2) is 20.1 Å². The zero-order chi connectivity index (χ0) is 13.3. The van der Waals surface area contributed by atoms with Gasteiger partial charge in [-0.15, -0.1) is 5.10 Å². The Morgan fingerprint density at radius 2 is 1.89 bits per heavy atom. The van der Waals surface area contributed by atoms with Crippen LogP contribution in [0.2, 0.25) is 0 Å². The molecule has 0 radical (unpaired) electrons. The fourth-order valence-electron chi connectivity index (χ4n) is 1.85. The van der Waals surface area contributed by atoms with Gasteiger partial charge in [0.2, 0.25) is 0 Å². The van der Waals surface area contributed by atoms with Crippen LogP contribution in [0.1, 0.15) is 44.9 Å². The Labute approximate surface area is 107 Å². The smallest absolute Gasteiger partial charge is 0.114 e. The molecule has 4 nitrogen and oxygen atoms in total. The fraction of sp³-hybridized carbons (Fsp3) is 0.429. The molecule has 0 aliphatic rings. The average Bonchev–Trinajstić information content (AvgIpc) is 2.77. The number of hydrogen-bond acceptors (Lipinski definition) is 3. The van der Waals surface area contributed by atoms with Gasteiger partial charge in [0.15, 0.2) is 0 Å². The summed E-state index contributed by atoms with van der Waals surface area (Å²) in [4.78, 5) is 0. The lowest BCUT2D eigenvalue weighted by atomic mass is 10.0. The Morgan fingerprint density at radius 3 is 2.44 bits per heavy atom. The summed E-state index contributed by atoms with van der Waals surface area (Å²) in [6, 6.07) is 8.10. The minimum atomic E-state index is -0.967. The van der Waals surface area contributed by atoms with Crippen molar-refractivity contribution in [3.63, 3.8) is 0 Å². The van der Waals surface area contributed by atoms with Crippen LogP contribution in [0.25, 0.3) is 5.69 Å². The molecule has 0 aliphatic carbocycles. The standard InChI is InChI=1S/C14H19N3O/c1-10(2)11-7-5-6-8-12(11)17-9-13(15-16-17)14(3,4)18/h5-10,18H,1-4H3. The molecule has 0 saturated carbocycles. The van der Waals surface area contributed by atoms with Gasteiger partial charge in [0.25, 0.3) is 0 Å². The van der Waals surface area contributed by atoms with Crippen LogP contribution in [0.15, 0.2) is 30.5 Å². The molecule has 0 amide bonds. The second-order valence-electron chi connectivity index (χ2n) is 5.32. The highest BCUT2D eigenvalue weighted by Gasteiger charge is 2.21. The third-order valence-electron chi connectivity index (χ3n) is 2.93. The van der Waals surface area contributed by atoms with Crippen LogP contribution in [0, 0.1) is 0 Å². The quantitative estimate of drug-likeness (QED) is 0.904. The molecule has 1 aromatic carbocycles. The van der Waals surface area contributed by atoms with Gasteiger partial charge in [0, 0.05) is 0 Å². The summed E-state index contributed by atoms with van der Waals surface area (Å²) < 4.78 is 1.72. The lowest BCUT2D eigenvalue weighted by Crippen LogP contribution is -2.15. The highest BCUT2D eigenvalue weighted by atomic mass is 16.3. The minimum absolute atomic E-state index is 0.413. The van der Waals surface area contributed by atoms with Crippen molar-refractivity contribution < 1.29 is 5.11 Å². The van der Waals surface area contributed by atoms with E-state index in [0.717, 1.165) is 5.69 Å². The van der Waals surface area contributed by atoms with Crippen LogP contribution >= 0.6 is 0 Å². The van der Waals surface area contributed by atoms with E-state index in [1.807, 2.05) is 18.2 Å². The molecular formula is C14H19N3O. The van der Waals surface area contributed by atoms with E-state index in [1.165, 1.54) is 5.56 Å². The van der Waals surface area contributed by atoms with Crippen molar-refractivity contribution in [2.75, 3.05) is 0 Å². The average molecular weight is 245 g/mol. The predicted molar refractivity (Wildman–Crippen MR) is 70.7 cm³/mol. The zero-order valence-corrected chi connectivity index (χ0v) is 11.3. The lowest BCUT2D eigenvalue weighted by Gasteiger charge is -2.13. The van der Waals surface area contributed by atoms with E-state index in [1.54, 1.807) is 24.7 Å². The van der Waals surface area contributed by atoms with Gasteiger partial charge in [0.05, 0.1) is 11.9 Å². The Kier molecular flexibility index (Phi) is 3.22. The molecule has 2 rings (SSSR count). The maximum absolute atomic E-state index is 9.91. The molecule has 18 heavy (non-hydrogen) atoms. The van der Waals surface area contributed by atoms with Gasteiger partial charge in [-0.05, 0) is 31.4 Å². The molecule has 0 aliphatic heterocycles.